The summed E-state index contributed by atoms with van der Waals surface area (Å²) in [5.41, 5.74) is 6.67. The molecule has 21 heavy (non-hydrogen) atoms. The average molecular weight is 286 g/mol. The summed E-state index contributed by atoms with van der Waals surface area (Å²) in [6.07, 6.45) is 3.25. The summed E-state index contributed by atoms with van der Waals surface area (Å²) in [6, 6.07) is 2.19. The number of amides is 1. The maximum Gasteiger partial charge on any atom is 0.255 e. The monoisotopic (exact) mass is 286 g/mol. The Morgan fingerprint density at radius 2 is 2.24 bits per heavy atom. The summed E-state index contributed by atoms with van der Waals surface area (Å²) in [7, 11) is 4.11. The number of aromatic nitrogens is 1. The Morgan fingerprint density at radius 3 is 2.86 bits per heavy atom. The molecule has 2 unspecified atom stereocenters. The van der Waals surface area contributed by atoms with Crippen LogP contribution in [0.3, 0.4) is 0 Å². The van der Waals surface area contributed by atoms with Crippen molar-refractivity contribution in [1.29, 1.82) is 0 Å². The van der Waals surface area contributed by atoms with Crippen molar-refractivity contribution in [3.63, 3.8) is 0 Å². The van der Waals surface area contributed by atoms with E-state index >= 15 is 0 Å². The minimum Gasteiger partial charge on any atom is -0.337 e. The van der Waals surface area contributed by atoms with Crippen molar-refractivity contribution in [2.45, 2.75) is 13.0 Å². The molecule has 0 saturated carbocycles. The molecule has 0 bridgehead atoms. The minimum absolute atomic E-state index is 0.0232. The van der Waals surface area contributed by atoms with Crippen molar-refractivity contribution < 1.29 is 4.79 Å². The molecule has 1 aliphatic rings. The molecule has 2 rings (SSSR count). The number of nitrogens with zero attached hydrogens (tertiary/aromatic N) is 3. The molecule has 5 heteroatoms. The number of carbonyl (C=O) groups excluding carboxylic acids is 1. The van der Waals surface area contributed by atoms with Gasteiger partial charge in [0.25, 0.3) is 5.91 Å². The number of likely N-dealkylation sites (tertiary alicyclic amines) is 1. The van der Waals surface area contributed by atoms with Gasteiger partial charge in [0.2, 0.25) is 0 Å². The first-order chi connectivity index (χ1) is 10.0. The van der Waals surface area contributed by atoms with Crippen LogP contribution in [0, 0.1) is 17.8 Å². The Bertz CT molecular complexity index is 573. The number of hydrogen-bond donors (Lipinski definition) is 1. The molecular weight excluding hydrogens is 264 g/mol. The van der Waals surface area contributed by atoms with E-state index < -0.39 is 0 Å². The average Bonchev–Trinajstić information content (AvgIpc) is 2.87. The molecule has 1 amide bonds. The van der Waals surface area contributed by atoms with Crippen molar-refractivity contribution in [3.8, 4) is 11.8 Å². The third kappa shape index (κ3) is 3.60. The normalized spacial score (nSPS) is 21.3. The lowest BCUT2D eigenvalue weighted by molar-refractivity contribution is 0.0781. The summed E-state index contributed by atoms with van der Waals surface area (Å²) < 4.78 is 0. The zero-order valence-electron chi connectivity index (χ0n) is 12.8. The van der Waals surface area contributed by atoms with E-state index in [4.69, 9.17) is 5.73 Å². The lowest BCUT2D eigenvalue weighted by Gasteiger charge is -2.22. The zero-order valence-corrected chi connectivity index (χ0v) is 12.8. The fraction of sp³-hybridized carbons (Fsp3) is 0.500. The third-order valence-corrected chi connectivity index (χ3v) is 3.84. The lowest BCUT2D eigenvalue weighted by atomic mass is 10.1. The largest absolute Gasteiger partial charge is 0.337 e. The zero-order chi connectivity index (χ0) is 15.4. The minimum atomic E-state index is 0.0232. The molecule has 1 fully saturated rings. The second-order valence-electron chi connectivity index (χ2n) is 5.69. The molecule has 2 atom stereocenters. The van der Waals surface area contributed by atoms with Gasteiger partial charge in [0, 0.05) is 37.1 Å². The standard InChI is InChI=1S/C16H22N4O/c1-12-10-20(11-15(12)19(2)3)16(21)14-7-13(5-4-6-17)8-18-9-14/h7-9,12,15H,6,10-11,17H2,1-3H3. The Hall–Kier alpha value is -1.90. The summed E-state index contributed by atoms with van der Waals surface area (Å²) >= 11 is 0. The molecular formula is C16H22N4O. The second-order valence-corrected chi connectivity index (χ2v) is 5.69. The molecule has 1 aromatic rings. The van der Waals surface area contributed by atoms with Crippen LogP contribution in [0.15, 0.2) is 18.5 Å². The van der Waals surface area contributed by atoms with Crippen LogP contribution in [0.4, 0.5) is 0 Å². The Morgan fingerprint density at radius 1 is 1.48 bits per heavy atom. The fourth-order valence-corrected chi connectivity index (χ4v) is 2.75. The molecule has 1 aromatic heterocycles. The van der Waals surface area contributed by atoms with E-state index in [0.29, 0.717) is 24.1 Å². The predicted molar refractivity (Wildman–Crippen MR) is 82.7 cm³/mol. The molecule has 1 aliphatic heterocycles. The maximum absolute atomic E-state index is 12.6. The summed E-state index contributed by atoms with van der Waals surface area (Å²) in [5.74, 6) is 6.18. The highest BCUT2D eigenvalue weighted by Crippen LogP contribution is 2.21. The van der Waals surface area contributed by atoms with Crippen molar-refractivity contribution >= 4 is 5.91 Å². The van der Waals surface area contributed by atoms with Crippen molar-refractivity contribution in [3.05, 3.63) is 29.6 Å². The highest BCUT2D eigenvalue weighted by Gasteiger charge is 2.34. The van der Waals surface area contributed by atoms with Gasteiger partial charge >= 0.3 is 0 Å². The van der Waals surface area contributed by atoms with Crippen LogP contribution in [-0.4, -0.2) is 60.5 Å². The third-order valence-electron chi connectivity index (χ3n) is 3.84. The van der Waals surface area contributed by atoms with Crippen molar-refractivity contribution in [2.24, 2.45) is 11.7 Å². The first-order valence-electron chi connectivity index (χ1n) is 7.12. The van der Waals surface area contributed by atoms with E-state index in [0.717, 1.165) is 18.7 Å². The number of rotatable bonds is 2. The fourth-order valence-electron chi connectivity index (χ4n) is 2.75. The van der Waals surface area contributed by atoms with Gasteiger partial charge in [0.15, 0.2) is 0 Å². The van der Waals surface area contributed by atoms with E-state index in [1.807, 2.05) is 4.90 Å². The van der Waals surface area contributed by atoms with Gasteiger partial charge in [-0.05, 0) is 26.1 Å². The van der Waals surface area contributed by atoms with E-state index in [-0.39, 0.29) is 5.91 Å². The van der Waals surface area contributed by atoms with Gasteiger partial charge in [-0.15, -0.1) is 0 Å². The molecule has 0 aromatic carbocycles. The van der Waals surface area contributed by atoms with Gasteiger partial charge < -0.3 is 15.5 Å². The van der Waals surface area contributed by atoms with Crippen LogP contribution < -0.4 is 5.73 Å². The summed E-state index contributed by atoms with van der Waals surface area (Å²) in [5, 5.41) is 0. The Labute approximate surface area is 126 Å². The molecule has 0 radical (unpaired) electrons. The second kappa shape index (κ2) is 6.70. The van der Waals surface area contributed by atoms with E-state index in [9.17, 15) is 4.79 Å². The number of pyridine rings is 1. The highest BCUT2D eigenvalue weighted by molar-refractivity contribution is 5.94. The van der Waals surface area contributed by atoms with Crippen LogP contribution in [0.1, 0.15) is 22.8 Å². The number of carbonyl (C=O) groups is 1. The Balaban J connectivity index is 2.14. The topological polar surface area (TPSA) is 62.5 Å². The quantitative estimate of drug-likeness (QED) is 0.800. The highest BCUT2D eigenvalue weighted by atomic mass is 16.2. The lowest BCUT2D eigenvalue weighted by Crippen LogP contribution is -2.35. The number of hydrogen-bond acceptors (Lipinski definition) is 4. The maximum atomic E-state index is 12.6. The van der Waals surface area contributed by atoms with Crippen LogP contribution >= 0.6 is 0 Å². The van der Waals surface area contributed by atoms with Crippen LogP contribution in [-0.2, 0) is 0 Å². The number of nitrogens with two attached hydrogens (primary N) is 1. The van der Waals surface area contributed by atoms with Gasteiger partial charge in [-0.25, -0.2) is 0 Å². The molecule has 2 N–H and O–H groups in total. The molecule has 112 valence electrons. The first kappa shape index (κ1) is 15.5. The van der Waals surface area contributed by atoms with Gasteiger partial charge in [-0.3, -0.25) is 9.78 Å². The Kier molecular flexibility index (Phi) is 4.94. The van der Waals surface area contributed by atoms with Gasteiger partial charge in [0.1, 0.15) is 0 Å². The first-order valence-corrected chi connectivity index (χ1v) is 7.12. The molecule has 0 aliphatic carbocycles. The summed E-state index contributed by atoms with van der Waals surface area (Å²) in [6.45, 7) is 4.01. The van der Waals surface area contributed by atoms with Crippen LogP contribution in [0.5, 0.6) is 0 Å². The van der Waals surface area contributed by atoms with Crippen molar-refractivity contribution in [2.75, 3.05) is 33.7 Å². The van der Waals surface area contributed by atoms with E-state index in [1.54, 1.807) is 18.5 Å². The van der Waals surface area contributed by atoms with Gasteiger partial charge in [-0.2, -0.15) is 0 Å². The van der Waals surface area contributed by atoms with E-state index in [1.165, 1.54) is 0 Å². The molecule has 0 spiro atoms. The van der Waals surface area contributed by atoms with Crippen molar-refractivity contribution in [1.82, 2.24) is 14.8 Å². The van der Waals surface area contributed by atoms with Crippen LogP contribution in [0.2, 0.25) is 0 Å². The van der Waals surface area contributed by atoms with Gasteiger partial charge in [0.05, 0.1) is 12.1 Å². The van der Waals surface area contributed by atoms with E-state index in [2.05, 4.69) is 42.7 Å². The smallest absolute Gasteiger partial charge is 0.255 e. The molecule has 1 saturated heterocycles. The SMILES string of the molecule is CC1CN(C(=O)c2cncc(C#CCN)c2)CC1N(C)C. The number of likely N-dealkylation sites (N-methyl/N-ethyl adjacent to an activating group) is 1. The molecule has 2 heterocycles. The predicted octanol–water partition coefficient (Wildman–Crippen LogP) is 0.414. The van der Waals surface area contributed by atoms with Crippen LogP contribution in [0.25, 0.3) is 0 Å². The van der Waals surface area contributed by atoms with Gasteiger partial charge in [-0.1, -0.05) is 18.8 Å². The summed E-state index contributed by atoms with van der Waals surface area (Å²) in [4.78, 5) is 20.8. The molecule has 5 nitrogen and oxygen atoms in total.